The number of hydrogen-bond acceptors (Lipinski definition) is 3. The van der Waals surface area contributed by atoms with Gasteiger partial charge in [-0.05, 0) is 42.4 Å². The van der Waals surface area contributed by atoms with Gasteiger partial charge in [-0.1, -0.05) is 40.2 Å². The lowest BCUT2D eigenvalue weighted by Gasteiger charge is -2.37. The Morgan fingerprint density at radius 3 is 2.27 bits per heavy atom. The summed E-state index contributed by atoms with van der Waals surface area (Å²) in [5, 5.41) is 5.27. The van der Waals surface area contributed by atoms with Gasteiger partial charge in [0, 0.05) is 4.47 Å². The molecule has 112 valence electrons. The molecule has 3 aliphatic carbocycles. The van der Waals surface area contributed by atoms with Crippen molar-refractivity contribution < 1.29 is 9.59 Å². The molecule has 0 N–H and O–H groups in total. The summed E-state index contributed by atoms with van der Waals surface area (Å²) in [4.78, 5) is 25.2. The maximum Gasteiger partial charge on any atom is 0.254 e. The van der Waals surface area contributed by atoms with Crippen LogP contribution in [-0.2, 0) is 9.59 Å². The van der Waals surface area contributed by atoms with E-state index in [1.165, 1.54) is 0 Å². The van der Waals surface area contributed by atoms with E-state index in [9.17, 15) is 9.59 Å². The molecule has 4 atom stereocenters. The zero-order valence-corrected chi connectivity index (χ0v) is 13.4. The van der Waals surface area contributed by atoms with Gasteiger partial charge in [-0.25, -0.2) is 0 Å². The third-order valence-corrected chi connectivity index (χ3v) is 5.40. The lowest BCUT2D eigenvalue weighted by molar-refractivity contribution is -0.140. The van der Waals surface area contributed by atoms with E-state index in [2.05, 4.69) is 33.2 Å². The highest BCUT2D eigenvalue weighted by molar-refractivity contribution is 9.10. The fourth-order valence-corrected chi connectivity index (χ4v) is 4.30. The second kappa shape index (κ2) is 5.16. The Hall–Kier alpha value is -1.75. The van der Waals surface area contributed by atoms with Crippen LogP contribution in [0.1, 0.15) is 18.4 Å². The Labute approximate surface area is 137 Å². The van der Waals surface area contributed by atoms with Crippen LogP contribution in [-0.4, -0.2) is 23.0 Å². The first-order valence-electron chi connectivity index (χ1n) is 7.51. The van der Waals surface area contributed by atoms with Gasteiger partial charge in [-0.15, -0.1) is 0 Å². The van der Waals surface area contributed by atoms with E-state index < -0.39 is 0 Å². The minimum absolute atomic E-state index is 0.139. The molecule has 5 heteroatoms. The molecule has 1 heterocycles. The monoisotopic (exact) mass is 358 g/mol. The Kier molecular flexibility index (Phi) is 3.26. The van der Waals surface area contributed by atoms with E-state index in [1.54, 1.807) is 6.21 Å². The number of hydrogen-bond donors (Lipinski definition) is 0. The summed E-state index contributed by atoms with van der Waals surface area (Å²) in [5.74, 6) is -0.262. The lowest BCUT2D eigenvalue weighted by Crippen LogP contribution is -2.38. The van der Waals surface area contributed by atoms with Crippen LogP contribution in [0.5, 0.6) is 0 Å². The van der Waals surface area contributed by atoms with Crippen LogP contribution in [0.15, 0.2) is 46.0 Å². The van der Waals surface area contributed by atoms with E-state index in [4.69, 9.17) is 0 Å². The third-order valence-electron chi connectivity index (χ3n) is 4.91. The summed E-state index contributed by atoms with van der Waals surface area (Å²) in [5.41, 5.74) is 0.853. The maximum absolute atomic E-state index is 12.6. The zero-order chi connectivity index (χ0) is 15.3. The van der Waals surface area contributed by atoms with Crippen LogP contribution in [0.25, 0.3) is 0 Å². The van der Waals surface area contributed by atoms with E-state index in [0.29, 0.717) is 0 Å². The largest absolute Gasteiger partial charge is 0.272 e. The van der Waals surface area contributed by atoms with E-state index in [1.807, 2.05) is 24.3 Å². The molecular weight excluding hydrogens is 344 g/mol. The average molecular weight is 359 g/mol. The fraction of sp³-hybridized carbons (Fsp3) is 0.353. The van der Waals surface area contributed by atoms with Crippen molar-refractivity contribution in [2.75, 3.05) is 0 Å². The molecule has 0 aromatic heterocycles. The topological polar surface area (TPSA) is 49.7 Å². The van der Waals surface area contributed by atoms with Crippen molar-refractivity contribution in [3.8, 4) is 0 Å². The number of nitrogens with zero attached hydrogens (tertiary/aromatic N) is 2. The zero-order valence-electron chi connectivity index (χ0n) is 11.9. The van der Waals surface area contributed by atoms with E-state index in [-0.39, 0.29) is 35.5 Å². The van der Waals surface area contributed by atoms with Gasteiger partial charge in [0.05, 0.1) is 18.1 Å². The maximum atomic E-state index is 12.6. The molecule has 2 fully saturated rings. The smallest absolute Gasteiger partial charge is 0.254 e. The number of rotatable bonds is 2. The number of carbonyl (C=O) groups excluding carboxylic acids is 2. The number of allylic oxidation sites excluding steroid dienone is 2. The minimum Gasteiger partial charge on any atom is -0.272 e. The summed E-state index contributed by atoms with van der Waals surface area (Å²) < 4.78 is 0.937. The van der Waals surface area contributed by atoms with Crippen molar-refractivity contribution >= 4 is 34.0 Å². The molecular formula is C17H15BrN2O2. The van der Waals surface area contributed by atoms with Crippen LogP contribution < -0.4 is 0 Å². The Bertz CT molecular complexity index is 680. The van der Waals surface area contributed by atoms with Gasteiger partial charge in [0.15, 0.2) is 0 Å². The molecule has 1 saturated heterocycles. The SMILES string of the molecule is O=C1C2C3C=CC(CC3)C2C(=O)N1N=Cc1cccc(Br)c1. The van der Waals surface area contributed by atoms with Crippen molar-refractivity contribution in [1.82, 2.24) is 5.01 Å². The first-order valence-corrected chi connectivity index (χ1v) is 8.30. The molecule has 4 unspecified atom stereocenters. The number of imide groups is 1. The molecule has 1 saturated carbocycles. The summed E-state index contributed by atoms with van der Waals surface area (Å²) in [7, 11) is 0. The van der Waals surface area contributed by atoms with Gasteiger partial charge in [-0.3, -0.25) is 9.59 Å². The van der Waals surface area contributed by atoms with Crippen molar-refractivity contribution in [3.63, 3.8) is 0 Å². The lowest BCUT2D eigenvalue weighted by atomic mass is 9.63. The highest BCUT2D eigenvalue weighted by atomic mass is 79.9. The molecule has 22 heavy (non-hydrogen) atoms. The predicted octanol–water partition coefficient (Wildman–Crippen LogP) is 2.98. The normalized spacial score (nSPS) is 33.0. The summed E-state index contributed by atoms with van der Waals surface area (Å²) in [6.07, 6.45) is 7.81. The molecule has 2 bridgehead atoms. The average Bonchev–Trinajstić information content (AvgIpc) is 2.80. The van der Waals surface area contributed by atoms with Crippen molar-refractivity contribution in [2.24, 2.45) is 28.8 Å². The van der Waals surface area contributed by atoms with Crippen molar-refractivity contribution in [1.29, 1.82) is 0 Å². The molecule has 1 aromatic carbocycles. The second-order valence-corrected chi connectivity index (χ2v) is 7.05. The summed E-state index contributed by atoms with van der Waals surface area (Å²) in [6.45, 7) is 0. The minimum atomic E-state index is -0.198. The summed E-state index contributed by atoms with van der Waals surface area (Å²) >= 11 is 3.40. The number of carbonyl (C=O) groups is 2. The molecule has 1 aliphatic heterocycles. The van der Waals surface area contributed by atoms with Crippen LogP contribution in [0, 0.1) is 23.7 Å². The van der Waals surface area contributed by atoms with Crippen LogP contribution in [0.3, 0.4) is 0 Å². The Balaban J connectivity index is 1.61. The number of fused-ring (bicyclic) bond motifs is 1. The van der Waals surface area contributed by atoms with Gasteiger partial charge in [-0.2, -0.15) is 10.1 Å². The van der Waals surface area contributed by atoms with Crippen molar-refractivity contribution in [3.05, 3.63) is 46.5 Å². The highest BCUT2D eigenvalue weighted by Crippen LogP contribution is 2.49. The van der Waals surface area contributed by atoms with Gasteiger partial charge >= 0.3 is 0 Å². The Morgan fingerprint density at radius 2 is 1.73 bits per heavy atom. The first-order chi connectivity index (χ1) is 10.6. The van der Waals surface area contributed by atoms with Gasteiger partial charge in [0.2, 0.25) is 0 Å². The molecule has 2 amide bonds. The van der Waals surface area contributed by atoms with Crippen LogP contribution >= 0.6 is 15.9 Å². The predicted molar refractivity (Wildman–Crippen MR) is 85.9 cm³/mol. The molecule has 4 aliphatic rings. The first kappa shape index (κ1) is 13.9. The molecule has 1 aromatic rings. The third kappa shape index (κ3) is 2.07. The van der Waals surface area contributed by atoms with Crippen LogP contribution in [0.4, 0.5) is 0 Å². The second-order valence-electron chi connectivity index (χ2n) is 6.13. The number of hydrazone groups is 1. The standard InChI is InChI=1S/C17H15BrN2O2/c18-13-3-1-2-10(8-13)9-19-20-16(21)14-11-4-5-12(7-6-11)15(14)17(20)22/h1-5,8-9,11-12,14-15H,6-7H2. The number of halogens is 1. The van der Waals surface area contributed by atoms with E-state index in [0.717, 1.165) is 27.9 Å². The summed E-state index contributed by atoms with van der Waals surface area (Å²) in [6, 6.07) is 7.59. The Morgan fingerprint density at radius 1 is 1.09 bits per heavy atom. The highest BCUT2D eigenvalue weighted by Gasteiger charge is 2.56. The molecule has 0 spiro atoms. The van der Waals surface area contributed by atoms with E-state index >= 15 is 0 Å². The van der Waals surface area contributed by atoms with Gasteiger partial charge < -0.3 is 0 Å². The fourth-order valence-electron chi connectivity index (χ4n) is 3.88. The molecule has 4 nitrogen and oxygen atoms in total. The van der Waals surface area contributed by atoms with Gasteiger partial charge in [0.1, 0.15) is 0 Å². The number of benzene rings is 1. The van der Waals surface area contributed by atoms with Gasteiger partial charge in [0.25, 0.3) is 11.8 Å². The number of amides is 2. The molecule has 5 rings (SSSR count). The molecule has 0 radical (unpaired) electrons. The van der Waals surface area contributed by atoms with Crippen molar-refractivity contribution in [2.45, 2.75) is 12.8 Å². The quantitative estimate of drug-likeness (QED) is 0.463. The van der Waals surface area contributed by atoms with Crippen LogP contribution in [0.2, 0.25) is 0 Å².